The van der Waals surface area contributed by atoms with Crippen LogP contribution in [0.1, 0.15) is 187 Å². The molecule has 0 saturated heterocycles. The number of rotatable bonds is 36. The van der Waals surface area contributed by atoms with Crippen LogP contribution in [-0.4, -0.2) is 44.4 Å². The van der Waals surface area contributed by atoms with Crippen LogP contribution in [0.2, 0.25) is 0 Å². The number of unbranched alkanes of at least 4 members (excludes halogenated alkanes) is 22. The molecule has 1 unspecified atom stereocenters. The lowest BCUT2D eigenvalue weighted by Crippen LogP contribution is -2.30. The van der Waals surface area contributed by atoms with Gasteiger partial charge in [-0.25, -0.2) is 0 Å². The van der Waals surface area contributed by atoms with E-state index in [0.29, 0.717) is 12.8 Å². The van der Waals surface area contributed by atoms with Gasteiger partial charge in [0.1, 0.15) is 6.61 Å². The van der Waals surface area contributed by atoms with Crippen molar-refractivity contribution in [2.24, 2.45) is 5.73 Å². The highest BCUT2D eigenvalue weighted by atomic mass is 31.2. The van der Waals surface area contributed by atoms with E-state index in [4.69, 9.17) is 24.3 Å². The van der Waals surface area contributed by atoms with E-state index in [1.807, 2.05) is 0 Å². The highest BCUT2D eigenvalue weighted by Crippen LogP contribution is 2.38. The standard InChI is InChI=1S/C36H72NO8P/c1-3-5-7-9-11-13-15-16-18-20-22-24-26-29-36(39)45-34(33-44-46(40,41)43-31-27-30-37)32-42-35(38)28-25-23-21-19-17-14-12-10-8-6-4-2/h34H,3-33,37H2,1-2H3,(H,40,41)/p-1/t34-/m0/s1. The fourth-order valence-corrected chi connectivity index (χ4v) is 6.09. The first kappa shape index (κ1) is 45.0. The van der Waals surface area contributed by atoms with Gasteiger partial charge >= 0.3 is 11.9 Å². The lowest BCUT2D eigenvalue weighted by molar-refractivity contribution is -0.228. The van der Waals surface area contributed by atoms with Crippen molar-refractivity contribution >= 4 is 19.8 Å². The lowest BCUT2D eigenvalue weighted by atomic mass is 10.0. The van der Waals surface area contributed by atoms with Gasteiger partial charge in [-0.3, -0.25) is 14.2 Å². The first-order valence-corrected chi connectivity index (χ1v) is 20.5. The number of esters is 2. The molecule has 0 aromatic rings. The third-order valence-electron chi connectivity index (χ3n) is 8.21. The zero-order chi connectivity index (χ0) is 34.0. The monoisotopic (exact) mass is 676 g/mol. The van der Waals surface area contributed by atoms with E-state index in [2.05, 4.69) is 13.8 Å². The molecule has 0 aromatic carbocycles. The van der Waals surface area contributed by atoms with Gasteiger partial charge in [0.2, 0.25) is 0 Å². The molecule has 0 radical (unpaired) electrons. The molecule has 0 aliphatic rings. The molecule has 2 atom stereocenters. The minimum atomic E-state index is -4.60. The van der Waals surface area contributed by atoms with Crippen molar-refractivity contribution in [2.45, 2.75) is 193 Å². The quantitative estimate of drug-likeness (QED) is 0.0391. The minimum absolute atomic E-state index is 0.0886. The normalized spacial score (nSPS) is 13.4. The Balaban J connectivity index is 4.27. The van der Waals surface area contributed by atoms with Crippen LogP contribution in [0.4, 0.5) is 0 Å². The van der Waals surface area contributed by atoms with Crippen molar-refractivity contribution in [2.75, 3.05) is 26.4 Å². The molecule has 0 aliphatic heterocycles. The summed E-state index contributed by atoms with van der Waals surface area (Å²) in [5, 5.41) is 0. The zero-order valence-corrected chi connectivity index (χ0v) is 30.7. The number of carbonyl (C=O) groups is 2. The van der Waals surface area contributed by atoms with Crippen LogP contribution in [0.3, 0.4) is 0 Å². The van der Waals surface area contributed by atoms with E-state index < -0.39 is 32.5 Å². The van der Waals surface area contributed by atoms with E-state index in [0.717, 1.165) is 32.1 Å². The van der Waals surface area contributed by atoms with E-state index in [-0.39, 0.29) is 32.6 Å². The van der Waals surface area contributed by atoms with Gasteiger partial charge in [0.25, 0.3) is 7.82 Å². The molecule has 2 N–H and O–H groups in total. The largest absolute Gasteiger partial charge is 0.756 e. The van der Waals surface area contributed by atoms with Crippen LogP contribution in [0.5, 0.6) is 0 Å². The van der Waals surface area contributed by atoms with Crippen molar-refractivity contribution in [3.63, 3.8) is 0 Å². The van der Waals surface area contributed by atoms with E-state index >= 15 is 0 Å². The maximum atomic E-state index is 12.5. The summed E-state index contributed by atoms with van der Waals surface area (Å²) >= 11 is 0. The van der Waals surface area contributed by atoms with Gasteiger partial charge in [-0.1, -0.05) is 155 Å². The molecular formula is C36H71NO8P-. The SMILES string of the molecule is CCCCCCCCCCCCCCCC(=O)O[C@@H](COC(=O)CCCCCCCCCCCCC)COP(=O)([O-])OCCCN. The Morgan fingerprint density at radius 2 is 0.957 bits per heavy atom. The molecule has 0 amide bonds. The van der Waals surface area contributed by atoms with Crippen LogP contribution in [0.25, 0.3) is 0 Å². The van der Waals surface area contributed by atoms with E-state index in [9.17, 15) is 19.0 Å². The lowest BCUT2D eigenvalue weighted by Gasteiger charge is -2.25. The second-order valence-electron chi connectivity index (χ2n) is 12.8. The summed E-state index contributed by atoms with van der Waals surface area (Å²) in [5.41, 5.74) is 5.38. The second kappa shape index (κ2) is 33.9. The fraction of sp³-hybridized carbons (Fsp3) is 0.944. The van der Waals surface area contributed by atoms with Crippen molar-refractivity contribution in [1.82, 2.24) is 0 Å². The molecule has 10 heteroatoms. The van der Waals surface area contributed by atoms with E-state index in [1.165, 1.54) is 116 Å². The smallest absolute Gasteiger partial charge is 0.306 e. The van der Waals surface area contributed by atoms with Crippen LogP contribution < -0.4 is 10.6 Å². The first-order chi connectivity index (χ1) is 22.3. The number of phosphoric ester groups is 1. The van der Waals surface area contributed by atoms with Gasteiger partial charge in [0.05, 0.1) is 13.2 Å². The van der Waals surface area contributed by atoms with Crippen LogP contribution in [0.15, 0.2) is 0 Å². The molecule has 0 heterocycles. The Hall–Kier alpha value is -0.990. The summed E-state index contributed by atoms with van der Waals surface area (Å²) in [6.45, 7) is 3.94. The van der Waals surface area contributed by atoms with Crippen molar-refractivity contribution < 1.29 is 37.6 Å². The molecule has 0 spiro atoms. The molecule has 0 fully saturated rings. The number of carbonyl (C=O) groups excluding carboxylic acids is 2. The summed E-state index contributed by atoms with van der Waals surface area (Å²) in [6, 6.07) is 0. The molecule has 0 aromatic heterocycles. The summed E-state index contributed by atoms with van der Waals surface area (Å²) in [7, 11) is -4.60. The van der Waals surface area contributed by atoms with E-state index in [1.54, 1.807) is 0 Å². The van der Waals surface area contributed by atoms with Crippen molar-refractivity contribution in [1.29, 1.82) is 0 Å². The highest BCUT2D eigenvalue weighted by molar-refractivity contribution is 7.45. The Labute approximate surface area is 282 Å². The number of hydrogen-bond donors (Lipinski definition) is 1. The molecule has 9 nitrogen and oxygen atoms in total. The first-order valence-electron chi connectivity index (χ1n) is 19.0. The maximum absolute atomic E-state index is 12.5. The molecule has 274 valence electrons. The van der Waals surface area contributed by atoms with Gasteiger partial charge in [0, 0.05) is 12.8 Å². The molecule has 0 saturated carbocycles. The predicted molar refractivity (Wildman–Crippen MR) is 185 cm³/mol. The number of nitrogens with two attached hydrogens (primary N) is 1. The Bertz CT molecular complexity index is 739. The topological polar surface area (TPSA) is 137 Å². The third kappa shape index (κ3) is 32.9. The Kier molecular flexibility index (Phi) is 33.2. The predicted octanol–water partition coefficient (Wildman–Crippen LogP) is 9.47. The molecule has 0 rings (SSSR count). The molecule has 0 aliphatic carbocycles. The van der Waals surface area contributed by atoms with Crippen molar-refractivity contribution in [3.8, 4) is 0 Å². The molecule has 0 bridgehead atoms. The highest BCUT2D eigenvalue weighted by Gasteiger charge is 2.21. The van der Waals surface area contributed by atoms with Gasteiger partial charge < -0.3 is 29.1 Å². The average Bonchev–Trinajstić information content (AvgIpc) is 3.03. The second-order valence-corrected chi connectivity index (χ2v) is 14.2. The van der Waals surface area contributed by atoms with Crippen LogP contribution >= 0.6 is 7.82 Å². The summed E-state index contributed by atoms with van der Waals surface area (Å²) in [6.07, 6.45) is 28.6. The van der Waals surface area contributed by atoms with Gasteiger partial charge in [-0.05, 0) is 25.8 Å². The van der Waals surface area contributed by atoms with Gasteiger partial charge in [0.15, 0.2) is 6.10 Å². The summed E-state index contributed by atoms with van der Waals surface area (Å²) in [4.78, 5) is 36.9. The Morgan fingerprint density at radius 3 is 1.37 bits per heavy atom. The van der Waals surface area contributed by atoms with Gasteiger partial charge in [-0.2, -0.15) is 0 Å². The van der Waals surface area contributed by atoms with Crippen molar-refractivity contribution in [3.05, 3.63) is 0 Å². The molecular weight excluding hydrogens is 605 g/mol. The van der Waals surface area contributed by atoms with Crippen LogP contribution in [-0.2, 0) is 32.7 Å². The summed E-state index contributed by atoms with van der Waals surface area (Å²) in [5.74, 6) is -0.846. The van der Waals surface area contributed by atoms with Gasteiger partial charge in [-0.15, -0.1) is 0 Å². The third-order valence-corrected chi connectivity index (χ3v) is 9.18. The zero-order valence-electron chi connectivity index (χ0n) is 29.8. The summed E-state index contributed by atoms with van der Waals surface area (Å²) < 4.78 is 32.6. The number of ether oxygens (including phenoxy) is 2. The van der Waals surface area contributed by atoms with Crippen LogP contribution in [0, 0.1) is 0 Å². The fourth-order valence-electron chi connectivity index (χ4n) is 5.31. The average molecular weight is 677 g/mol. The number of phosphoric acid groups is 1. The number of hydrogen-bond acceptors (Lipinski definition) is 9. The maximum Gasteiger partial charge on any atom is 0.306 e. The minimum Gasteiger partial charge on any atom is -0.756 e. The Morgan fingerprint density at radius 1 is 0.565 bits per heavy atom. The molecule has 46 heavy (non-hydrogen) atoms.